The zero-order valence-electron chi connectivity index (χ0n) is 16.4. The van der Waals surface area contributed by atoms with Crippen LogP contribution in [0.5, 0.6) is 11.5 Å². The molecule has 0 bridgehead atoms. The summed E-state index contributed by atoms with van der Waals surface area (Å²) in [6.07, 6.45) is -2.06. The number of anilines is 2. The maximum absolute atomic E-state index is 13.0. The second-order valence-electron chi connectivity index (χ2n) is 6.65. The van der Waals surface area contributed by atoms with Gasteiger partial charge in [0, 0.05) is 23.6 Å². The number of halogens is 4. The predicted octanol–water partition coefficient (Wildman–Crippen LogP) is 5.43. The Labute approximate surface area is 188 Å². The standard InChI is InChI=1S/C21H13ClF3N5O3/c22-15-6-3-12(9-14(15)21(23,24)25)29-20(32)28-11-1-4-13(5-2-11)33-16-7-8-26-19-18(16)30-17(31)10-27-19/h1-10H,(H,30,31)(H2,28,29,32). The third kappa shape index (κ3) is 5.21. The van der Waals surface area contributed by atoms with E-state index in [9.17, 15) is 22.8 Å². The fourth-order valence-corrected chi connectivity index (χ4v) is 3.08. The highest BCUT2D eigenvalue weighted by atomic mass is 35.5. The molecule has 0 aliphatic carbocycles. The average molecular weight is 476 g/mol. The number of urea groups is 1. The van der Waals surface area contributed by atoms with Crippen molar-refractivity contribution in [2.24, 2.45) is 0 Å². The summed E-state index contributed by atoms with van der Waals surface area (Å²) in [5, 5.41) is 4.36. The number of rotatable bonds is 4. The van der Waals surface area contributed by atoms with Crippen LogP contribution in [0.2, 0.25) is 5.02 Å². The smallest absolute Gasteiger partial charge is 0.417 e. The number of carbonyl (C=O) groups excluding carboxylic acids is 1. The molecule has 0 fully saturated rings. The molecule has 0 atom stereocenters. The van der Waals surface area contributed by atoms with Gasteiger partial charge in [0.25, 0.3) is 5.56 Å². The summed E-state index contributed by atoms with van der Waals surface area (Å²) in [6.45, 7) is 0. The lowest BCUT2D eigenvalue weighted by molar-refractivity contribution is -0.137. The van der Waals surface area contributed by atoms with Crippen molar-refractivity contribution in [2.75, 3.05) is 10.6 Å². The van der Waals surface area contributed by atoms with Crippen LogP contribution in [0.15, 0.2) is 65.7 Å². The number of benzene rings is 2. The Bertz CT molecular complexity index is 1390. The number of fused-ring (bicyclic) bond motifs is 1. The summed E-state index contributed by atoms with van der Waals surface area (Å²) < 4.78 is 44.7. The molecule has 8 nitrogen and oxygen atoms in total. The van der Waals surface area contributed by atoms with Crippen molar-refractivity contribution in [2.45, 2.75) is 6.18 Å². The van der Waals surface area contributed by atoms with Crippen LogP contribution in [0.4, 0.5) is 29.3 Å². The first-order chi connectivity index (χ1) is 15.7. The van der Waals surface area contributed by atoms with E-state index >= 15 is 0 Å². The molecule has 168 valence electrons. The maximum Gasteiger partial charge on any atom is 0.417 e. The fraction of sp³-hybridized carbons (Fsp3) is 0.0476. The highest BCUT2D eigenvalue weighted by Gasteiger charge is 2.33. The highest BCUT2D eigenvalue weighted by Crippen LogP contribution is 2.36. The minimum atomic E-state index is -4.65. The van der Waals surface area contributed by atoms with Crippen molar-refractivity contribution in [1.82, 2.24) is 15.0 Å². The molecule has 0 radical (unpaired) electrons. The monoisotopic (exact) mass is 475 g/mol. The normalized spacial score (nSPS) is 11.3. The van der Waals surface area contributed by atoms with Crippen LogP contribution in [0.1, 0.15) is 5.56 Å². The number of hydrogen-bond acceptors (Lipinski definition) is 5. The van der Waals surface area contributed by atoms with Crippen molar-refractivity contribution < 1.29 is 22.7 Å². The van der Waals surface area contributed by atoms with E-state index in [0.29, 0.717) is 28.4 Å². The van der Waals surface area contributed by atoms with E-state index in [4.69, 9.17) is 16.3 Å². The first-order valence-corrected chi connectivity index (χ1v) is 9.63. The van der Waals surface area contributed by atoms with Gasteiger partial charge in [0.05, 0.1) is 16.8 Å². The molecular formula is C21H13ClF3N5O3. The van der Waals surface area contributed by atoms with Crippen LogP contribution in [-0.2, 0) is 6.18 Å². The Morgan fingerprint density at radius 2 is 1.70 bits per heavy atom. The number of amides is 2. The summed E-state index contributed by atoms with van der Waals surface area (Å²) in [5.41, 5.74) is -0.542. The number of nitrogens with one attached hydrogen (secondary N) is 3. The van der Waals surface area contributed by atoms with Crippen molar-refractivity contribution in [3.8, 4) is 11.5 Å². The van der Waals surface area contributed by atoms with Gasteiger partial charge >= 0.3 is 12.2 Å². The van der Waals surface area contributed by atoms with E-state index in [1.54, 1.807) is 18.2 Å². The van der Waals surface area contributed by atoms with Gasteiger partial charge < -0.3 is 20.4 Å². The summed E-state index contributed by atoms with van der Waals surface area (Å²) in [6, 6.07) is 10.0. The Morgan fingerprint density at radius 3 is 2.42 bits per heavy atom. The van der Waals surface area contributed by atoms with Crippen LogP contribution < -0.4 is 20.9 Å². The van der Waals surface area contributed by atoms with Crippen LogP contribution in [-0.4, -0.2) is 21.0 Å². The topological polar surface area (TPSA) is 109 Å². The molecule has 0 saturated heterocycles. The molecule has 4 rings (SSSR count). The molecular weight excluding hydrogens is 463 g/mol. The van der Waals surface area contributed by atoms with E-state index < -0.39 is 28.4 Å². The van der Waals surface area contributed by atoms with Gasteiger partial charge in [-0.05, 0) is 42.5 Å². The summed E-state index contributed by atoms with van der Waals surface area (Å²) >= 11 is 5.58. The van der Waals surface area contributed by atoms with Crippen LogP contribution in [0, 0.1) is 0 Å². The van der Waals surface area contributed by atoms with Gasteiger partial charge in [0.15, 0.2) is 11.4 Å². The number of ether oxygens (including phenoxy) is 1. The number of H-pyrrole nitrogens is 1. The number of carbonyl (C=O) groups is 1. The molecule has 0 saturated carbocycles. The zero-order valence-corrected chi connectivity index (χ0v) is 17.2. The quantitative estimate of drug-likeness (QED) is 0.365. The van der Waals surface area contributed by atoms with Gasteiger partial charge in [-0.15, -0.1) is 0 Å². The highest BCUT2D eigenvalue weighted by molar-refractivity contribution is 6.31. The van der Waals surface area contributed by atoms with Crippen molar-refractivity contribution >= 4 is 40.2 Å². The number of aromatic nitrogens is 3. The Hall–Kier alpha value is -4.12. The summed E-state index contributed by atoms with van der Waals surface area (Å²) in [7, 11) is 0. The van der Waals surface area contributed by atoms with Gasteiger partial charge in [0.1, 0.15) is 11.3 Å². The largest absolute Gasteiger partial charge is 0.455 e. The van der Waals surface area contributed by atoms with Crippen molar-refractivity contribution in [3.63, 3.8) is 0 Å². The molecule has 0 spiro atoms. The lowest BCUT2D eigenvalue weighted by Gasteiger charge is -2.13. The molecule has 33 heavy (non-hydrogen) atoms. The average Bonchev–Trinajstić information content (AvgIpc) is 2.76. The first kappa shape index (κ1) is 22.1. The SMILES string of the molecule is O=C(Nc1ccc(Oc2ccnc3ncc(=O)[nH]c23)cc1)Nc1ccc(Cl)c(C(F)(F)F)c1. The van der Waals surface area contributed by atoms with Crippen LogP contribution in [0.25, 0.3) is 11.2 Å². The second kappa shape index (κ2) is 8.79. The van der Waals surface area contributed by atoms with E-state index in [0.717, 1.165) is 18.3 Å². The van der Waals surface area contributed by atoms with E-state index in [1.807, 2.05) is 0 Å². The van der Waals surface area contributed by atoms with E-state index in [2.05, 4.69) is 25.6 Å². The molecule has 2 aromatic heterocycles. The predicted molar refractivity (Wildman–Crippen MR) is 116 cm³/mol. The maximum atomic E-state index is 13.0. The second-order valence-corrected chi connectivity index (χ2v) is 7.06. The Kier molecular flexibility index (Phi) is 5.88. The Balaban J connectivity index is 1.44. The van der Waals surface area contributed by atoms with Gasteiger partial charge in [-0.3, -0.25) is 4.79 Å². The van der Waals surface area contributed by atoms with Gasteiger partial charge in [0.2, 0.25) is 0 Å². The molecule has 4 aromatic rings. The minimum Gasteiger partial charge on any atom is -0.455 e. The fourth-order valence-electron chi connectivity index (χ4n) is 2.86. The molecule has 0 aliphatic rings. The van der Waals surface area contributed by atoms with Crippen LogP contribution >= 0.6 is 11.6 Å². The molecule has 2 aromatic carbocycles. The molecule has 0 aliphatic heterocycles. The van der Waals surface area contributed by atoms with Gasteiger partial charge in [-0.25, -0.2) is 14.8 Å². The van der Waals surface area contributed by atoms with Gasteiger partial charge in [-0.2, -0.15) is 13.2 Å². The molecule has 2 amide bonds. The number of pyridine rings is 1. The third-order valence-corrected chi connectivity index (χ3v) is 4.64. The van der Waals surface area contributed by atoms with E-state index in [1.165, 1.54) is 24.4 Å². The number of hydrogen-bond donors (Lipinski definition) is 3. The van der Waals surface area contributed by atoms with Crippen LogP contribution in [0.3, 0.4) is 0 Å². The zero-order chi connectivity index (χ0) is 23.6. The van der Waals surface area contributed by atoms with Crippen molar-refractivity contribution in [1.29, 1.82) is 0 Å². The van der Waals surface area contributed by atoms with Crippen molar-refractivity contribution in [3.05, 3.63) is 81.9 Å². The van der Waals surface area contributed by atoms with E-state index in [-0.39, 0.29) is 5.69 Å². The summed E-state index contributed by atoms with van der Waals surface area (Å²) in [4.78, 5) is 34.3. The summed E-state index contributed by atoms with van der Waals surface area (Å²) in [5.74, 6) is 0.720. The first-order valence-electron chi connectivity index (χ1n) is 9.26. The Morgan fingerprint density at radius 1 is 1.00 bits per heavy atom. The lowest BCUT2D eigenvalue weighted by atomic mass is 10.2. The number of aromatic amines is 1. The third-order valence-electron chi connectivity index (χ3n) is 4.31. The molecule has 2 heterocycles. The number of alkyl halides is 3. The molecule has 12 heteroatoms. The lowest BCUT2D eigenvalue weighted by Crippen LogP contribution is -2.19. The van der Waals surface area contributed by atoms with Gasteiger partial charge in [-0.1, -0.05) is 11.6 Å². The molecule has 0 unspecified atom stereocenters. The number of nitrogens with zero attached hydrogens (tertiary/aromatic N) is 2. The minimum absolute atomic E-state index is 0.0728. The molecule has 3 N–H and O–H groups in total.